The molecule has 80 valence electrons. The molecule has 0 saturated heterocycles. The van der Waals surface area contributed by atoms with Gasteiger partial charge in [-0.05, 0) is 37.6 Å². The van der Waals surface area contributed by atoms with Crippen LogP contribution in [0.1, 0.15) is 34.7 Å². The minimum absolute atomic E-state index is 0.0498. The molecule has 4 nitrogen and oxygen atoms in total. The number of halogens is 1. The van der Waals surface area contributed by atoms with Crippen molar-refractivity contribution in [2.75, 3.05) is 0 Å². The maximum Gasteiger partial charge on any atom is 0.357 e. The fourth-order valence-electron chi connectivity index (χ4n) is 0.996. The molecular formula is C10H10ClNO3. The Morgan fingerprint density at radius 1 is 1.47 bits per heavy atom. The van der Waals surface area contributed by atoms with Gasteiger partial charge in [-0.25, -0.2) is 9.78 Å². The maximum atomic E-state index is 11.5. The molecule has 0 fully saturated rings. The van der Waals surface area contributed by atoms with Crippen LogP contribution in [0.3, 0.4) is 0 Å². The Morgan fingerprint density at radius 3 is 2.67 bits per heavy atom. The Balaban J connectivity index is 3.03. The smallest absolute Gasteiger partial charge is 0.357 e. The molecular weight excluding hydrogens is 218 g/mol. The molecule has 1 aromatic heterocycles. The third-order valence-corrected chi connectivity index (χ3v) is 1.76. The van der Waals surface area contributed by atoms with Crippen molar-refractivity contribution in [3.8, 4) is 0 Å². The molecule has 1 rings (SSSR count). The lowest BCUT2D eigenvalue weighted by atomic mass is 10.2. The van der Waals surface area contributed by atoms with Gasteiger partial charge in [0.1, 0.15) is 0 Å². The largest absolute Gasteiger partial charge is 0.458 e. The topological polar surface area (TPSA) is 56.3 Å². The lowest BCUT2D eigenvalue weighted by molar-refractivity contribution is 0.0368. The Hall–Kier alpha value is -1.42. The van der Waals surface area contributed by atoms with Crippen LogP contribution in [0.25, 0.3) is 0 Å². The SMILES string of the molecule is CC(C)OC(=O)c1ncccc1C(=O)Cl. The van der Waals surface area contributed by atoms with Crippen LogP contribution in [0.5, 0.6) is 0 Å². The molecule has 0 unspecified atom stereocenters. The molecule has 1 aromatic rings. The number of esters is 1. The summed E-state index contributed by atoms with van der Waals surface area (Å²) in [5.41, 5.74) is 0.0102. The van der Waals surface area contributed by atoms with E-state index in [-0.39, 0.29) is 17.4 Å². The number of aromatic nitrogens is 1. The first kappa shape index (κ1) is 11.7. The van der Waals surface area contributed by atoms with Crippen LogP contribution in [0, 0.1) is 0 Å². The van der Waals surface area contributed by atoms with E-state index in [1.165, 1.54) is 18.3 Å². The van der Waals surface area contributed by atoms with Gasteiger partial charge in [0.2, 0.25) is 0 Å². The minimum atomic E-state index is -0.723. The highest BCUT2D eigenvalue weighted by molar-refractivity contribution is 6.68. The molecule has 0 aliphatic carbocycles. The number of ether oxygens (including phenoxy) is 1. The molecule has 0 aromatic carbocycles. The van der Waals surface area contributed by atoms with Gasteiger partial charge >= 0.3 is 5.97 Å². The van der Waals surface area contributed by atoms with Crippen molar-refractivity contribution in [1.82, 2.24) is 4.98 Å². The number of carbonyl (C=O) groups excluding carboxylic acids is 2. The highest BCUT2D eigenvalue weighted by atomic mass is 35.5. The zero-order valence-electron chi connectivity index (χ0n) is 8.36. The molecule has 0 saturated carbocycles. The quantitative estimate of drug-likeness (QED) is 0.586. The van der Waals surface area contributed by atoms with Gasteiger partial charge < -0.3 is 4.74 Å². The van der Waals surface area contributed by atoms with Gasteiger partial charge in [-0.15, -0.1) is 0 Å². The molecule has 0 aliphatic heterocycles. The molecule has 0 atom stereocenters. The van der Waals surface area contributed by atoms with E-state index in [0.29, 0.717) is 0 Å². The summed E-state index contributed by atoms with van der Waals surface area (Å²) in [5.74, 6) is -0.644. The van der Waals surface area contributed by atoms with Gasteiger partial charge in [-0.2, -0.15) is 0 Å². The standard InChI is InChI=1S/C10H10ClNO3/c1-6(2)15-10(14)8-7(9(11)13)4-3-5-12-8/h3-6H,1-2H3. The van der Waals surface area contributed by atoms with Crippen molar-refractivity contribution in [3.05, 3.63) is 29.6 Å². The normalized spacial score (nSPS) is 10.1. The second-order valence-corrected chi connectivity index (χ2v) is 3.47. The first-order chi connectivity index (χ1) is 7.02. The zero-order chi connectivity index (χ0) is 11.4. The van der Waals surface area contributed by atoms with E-state index < -0.39 is 11.2 Å². The summed E-state index contributed by atoms with van der Waals surface area (Å²) in [6.45, 7) is 3.42. The van der Waals surface area contributed by atoms with Gasteiger partial charge in [-0.1, -0.05) is 0 Å². The summed E-state index contributed by atoms with van der Waals surface area (Å²) < 4.78 is 4.91. The van der Waals surface area contributed by atoms with E-state index in [0.717, 1.165) is 0 Å². The van der Waals surface area contributed by atoms with Crippen LogP contribution in [0.4, 0.5) is 0 Å². The molecule has 0 amide bonds. The summed E-state index contributed by atoms with van der Waals surface area (Å²) in [5, 5.41) is -0.723. The first-order valence-electron chi connectivity index (χ1n) is 4.38. The van der Waals surface area contributed by atoms with E-state index >= 15 is 0 Å². The average molecular weight is 228 g/mol. The van der Waals surface area contributed by atoms with Crippen molar-refractivity contribution in [1.29, 1.82) is 0 Å². The number of rotatable bonds is 3. The highest BCUT2D eigenvalue weighted by Gasteiger charge is 2.18. The first-order valence-corrected chi connectivity index (χ1v) is 4.76. The molecule has 0 radical (unpaired) electrons. The van der Waals surface area contributed by atoms with Crippen molar-refractivity contribution in [2.45, 2.75) is 20.0 Å². The summed E-state index contributed by atoms with van der Waals surface area (Å²) in [6, 6.07) is 2.96. The Bertz CT molecular complexity index is 390. The molecule has 5 heteroatoms. The van der Waals surface area contributed by atoms with E-state index in [9.17, 15) is 9.59 Å². The predicted molar refractivity (Wildman–Crippen MR) is 55.0 cm³/mol. The van der Waals surface area contributed by atoms with Crippen LogP contribution < -0.4 is 0 Å². The van der Waals surface area contributed by atoms with E-state index in [4.69, 9.17) is 16.3 Å². The monoisotopic (exact) mass is 227 g/mol. The number of pyridine rings is 1. The van der Waals surface area contributed by atoms with Gasteiger partial charge in [0.15, 0.2) is 5.69 Å². The van der Waals surface area contributed by atoms with Crippen LogP contribution in [-0.4, -0.2) is 22.3 Å². The molecule has 0 aliphatic rings. The second-order valence-electron chi connectivity index (χ2n) is 3.13. The van der Waals surface area contributed by atoms with E-state index in [2.05, 4.69) is 4.98 Å². The number of carbonyl (C=O) groups is 2. The van der Waals surface area contributed by atoms with Crippen LogP contribution in [-0.2, 0) is 4.74 Å². The predicted octanol–water partition coefficient (Wildman–Crippen LogP) is 2.03. The zero-order valence-corrected chi connectivity index (χ0v) is 9.12. The third kappa shape index (κ3) is 3.02. The third-order valence-electron chi connectivity index (χ3n) is 1.56. The van der Waals surface area contributed by atoms with Crippen LogP contribution in [0.15, 0.2) is 18.3 Å². The summed E-state index contributed by atoms with van der Waals surface area (Å²) in [7, 11) is 0. The molecule has 0 N–H and O–H groups in total. The summed E-state index contributed by atoms with van der Waals surface area (Å²) >= 11 is 5.30. The fraction of sp³-hybridized carbons (Fsp3) is 0.300. The number of nitrogens with zero attached hydrogens (tertiary/aromatic N) is 1. The van der Waals surface area contributed by atoms with Crippen molar-refractivity contribution >= 4 is 22.8 Å². The molecule has 15 heavy (non-hydrogen) atoms. The van der Waals surface area contributed by atoms with Gasteiger partial charge in [0.25, 0.3) is 5.24 Å². The lowest BCUT2D eigenvalue weighted by Gasteiger charge is -2.08. The second kappa shape index (κ2) is 4.89. The minimum Gasteiger partial charge on any atom is -0.458 e. The molecule has 0 bridgehead atoms. The average Bonchev–Trinajstić information content (AvgIpc) is 2.16. The number of hydrogen-bond acceptors (Lipinski definition) is 4. The van der Waals surface area contributed by atoms with Gasteiger partial charge in [0.05, 0.1) is 11.7 Å². The summed E-state index contributed by atoms with van der Waals surface area (Å²) in [4.78, 5) is 26.2. The van der Waals surface area contributed by atoms with Crippen molar-refractivity contribution < 1.29 is 14.3 Å². The van der Waals surface area contributed by atoms with E-state index in [1.807, 2.05) is 0 Å². The molecule has 0 spiro atoms. The highest BCUT2D eigenvalue weighted by Crippen LogP contribution is 2.10. The van der Waals surface area contributed by atoms with Gasteiger partial charge in [-0.3, -0.25) is 4.79 Å². The summed E-state index contributed by atoms with van der Waals surface area (Å²) in [6.07, 6.45) is 1.14. The van der Waals surface area contributed by atoms with Crippen molar-refractivity contribution in [3.63, 3.8) is 0 Å². The maximum absolute atomic E-state index is 11.5. The fourth-order valence-corrected chi connectivity index (χ4v) is 1.15. The Kier molecular flexibility index (Phi) is 3.80. The lowest BCUT2D eigenvalue weighted by Crippen LogP contribution is -2.16. The Labute approximate surface area is 92.2 Å². The molecule has 1 heterocycles. The van der Waals surface area contributed by atoms with Gasteiger partial charge in [0, 0.05) is 6.20 Å². The van der Waals surface area contributed by atoms with E-state index in [1.54, 1.807) is 13.8 Å². The van der Waals surface area contributed by atoms with Crippen molar-refractivity contribution in [2.24, 2.45) is 0 Å². The van der Waals surface area contributed by atoms with Crippen LogP contribution >= 0.6 is 11.6 Å². The number of hydrogen-bond donors (Lipinski definition) is 0. The Morgan fingerprint density at radius 2 is 2.13 bits per heavy atom. The van der Waals surface area contributed by atoms with Crippen LogP contribution in [0.2, 0.25) is 0 Å².